The number of allylic oxidation sites excluding steroid dienone is 1. The lowest BCUT2D eigenvalue weighted by Gasteiger charge is -2.11. The highest BCUT2D eigenvalue weighted by molar-refractivity contribution is 6.49. The van der Waals surface area contributed by atoms with E-state index in [9.17, 15) is 9.59 Å². The summed E-state index contributed by atoms with van der Waals surface area (Å²) < 4.78 is 10.7. The Kier molecular flexibility index (Phi) is 8.18. The molecule has 0 radical (unpaired) electrons. The number of likely N-dealkylation sites (N-methyl/N-ethyl adjacent to an activating group) is 1. The van der Waals surface area contributed by atoms with Crippen molar-refractivity contribution in [3.05, 3.63) is 62.6 Å². The van der Waals surface area contributed by atoms with Gasteiger partial charge < -0.3 is 14.8 Å². The largest absolute Gasteiger partial charge is 0.493 e. The van der Waals surface area contributed by atoms with Crippen LogP contribution in [-0.4, -0.2) is 32.0 Å². The minimum atomic E-state index is -0.320. The number of carbonyl (C=O) groups is 2. The second-order valence-corrected chi connectivity index (χ2v) is 6.74. The average Bonchev–Trinajstić information content (AvgIpc) is 2.69. The number of carbonyl (C=O) groups excluding carboxylic acids is 2. The van der Waals surface area contributed by atoms with Gasteiger partial charge in [0.25, 0.3) is 5.91 Å². The van der Waals surface area contributed by atoms with E-state index in [1.54, 1.807) is 24.3 Å². The van der Waals surface area contributed by atoms with E-state index >= 15 is 0 Å². The molecule has 148 valence electrons. The molecule has 0 heterocycles. The lowest BCUT2D eigenvalue weighted by molar-refractivity contribution is -0.123. The molecule has 1 N–H and O–H groups in total. The predicted molar refractivity (Wildman–Crippen MR) is 112 cm³/mol. The summed E-state index contributed by atoms with van der Waals surface area (Å²) >= 11 is 17.9. The zero-order valence-electron chi connectivity index (χ0n) is 15.2. The molecule has 0 unspecified atom stereocenters. The number of methoxy groups -OCH3 is 1. The summed E-state index contributed by atoms with van der Waals surface area (Å²) in [5.41, 5.74) is 0.952. The van der Waals surface area contributed by atoms with Crippen molar-refractivity contribution in [3.8, 4) is 11.5 Å². The summed E-state index contributed by atoms with van der Waals surface area (Å²) in [6.45, 7) is 2.24. The summed E-state index contributed by atoms with van der Waals surface area (Å²) in [7, 11) is 1.49. The average molecular weight is 443 g/mol. The van der Waals surface area contributed by atoms with E-state index in [0.29, 0.717) is 23.6 Å². The minimum absolute atomic E-state index is 0.107. The normalized spacial score (nSPS) is 10.8. The molecule has 2 aromatic rings. The fourth-order valence-electron chi connectivity index (χ4n) is 2.28. The monoisotopic (exact) mass is 441 g/mol. The Labute approximate surface area is 178 Å². The maximum Gasteiger partial charge on any atom is 0.257 e. The number of nitrogens with one attached hydrogen (secondary N) is 1. The molecule has 0 fully saturated rings. The van der Waals surface area contributed by atoms with Gasteiger partial charge in [0.15, 0.2) is 23.9 Å². The molecule has 0 saturated carbocycles. The number of hydrogen-bond donors (Lipinski definition) is 1. The van der Waals surface area contributed by atoms with E-state index in [1.165, 1.54) is 25.3 Å². The van der Waals surface area contributed by atoms with Crippen molar-refractivity contribution in [3.63, 3.8) is 0 Å². The van der Waals surface area contributed by atoms with Crippen LogP contribution in [0.25, 0.3) is 6.08 Å². The molecule has 1 amide bonds. The fourth-order valence-corrected chi connectivity index (χ4v) is 2.91. The summed E-state index contributed by atoms with van der Waals surface area (Å²) in [6, 6.07) is 8.11. The van der Waals surface area contributed by atoms with E-state index < -0.39 is 0 Å². The van der Waals surface area contributed by atoms with Crippen LogP contribution in [0, 0.1) is 0 Å². The van der Waals surface area contributed by atoms with Gasteiger partial charge in [0.2, 0.25) is 0 Å². The highest BCUT2D eigenvalue weighted by Crippen LogP contribution is 2.33. The Morgan fingerprint density at radius 3 is 2.50 bits per heavy atom. The van der Waals surface area contributed by atoms with Crippen molar-refractivity contribution in [2.45, 2.75) is 6.92 Å². The maximum absolute atomic E-state index is 12.4. The van der Waals surface area contributed by atoms with Crippen molar-refractivity contribution >= 4 is 52.6 Å². The standard InChI is InChI=1S/C20H18Cl3NO4/c1-3-24-18(26)11-28-16-9-5-12(10-17(16)27-2)4-8-15(25)13-6-7-14(21)20(23)19(13)22/h4-10H,3,11H2,1-2H3,(H,24,26)/b8-4+. The molecule has 2 aromatic carbocycles. The van der Waals surface area contributed by atoms with Gasteiger partial charge in [-0.15, -0.1) is 0 Å². The van der Waals surface area contributed by atoms with Crippen LogP contribution in [0.4, 0.5) is 0 Å². The molecular weight excluding hydrogens is 425 g/mol. The summed E-state index contributed by atoms with van der Waals surface area (Å²) in [6.07, 6.45) is 2.98. The zero-order chi connectivity index (χ0) is 20.7. The number of rotatable bonds is 8. The van der Waals surface area contributed by atoms with Crippen molar-refractivity contribution < 1.29 is 19.1 Å². The van der Waals surface area contributed by atoms with Crippen LogP contribution in [0.15, 0.2) is 36.4 Å². The highest BCUT2D eigenvalue weighted by atomic mass is 35.5. The Morgan fingerprint density at radius 1 is 1.07 bits per heavy atom. The number of amides is 1. The summed E-state index contributed by atoms with van der Waals surface area (Å²) in [4.78, 5) is 23.9. The van der Waals surface area contributed by atoms with E-state index in [1.807, 2.05) is 6.92 Å². The highest BCUT2D eigenvalue weighted by Gasteiger charge is 2.13. The zero-order valence-corrected chi connectivity index (χ0v) is 17.5. The molecule has 5 nitrogen and oxygen atoms in total. The topological polar surface area (TPSA) is 64.6 Å². The van der Waals surface area contributed by atoms with Crippen LogP contribution in [-0.2, 0) is 4.79 Å². The smallest absolute Gasteiger partial charge is 0.257 e. The second kappa shape index (κ2) is 10.4. The number of ketones is 1. The van der Waals surface area contributed by atoms with Crippen molar-refractivity contribution in [2.24, 2.45) is 0 Å². The Morgan fingerprint density at radius 2 is 1.82 bits per heavy atom. The number of halogens is 3. The van der Waals surface area contributed by atoms with Crippen LogP contribution in [0.5, 0.6) is 11.5 Å². The van der Waals surface area contributed by atoms with Gasteiger partial charge in [-0.2, -0.15) is 0 Å². The third-order valence-corrected chi connectivity index (χ3v) is 4.94. The number of hydrogen-bond acceptors (Lipinski definition) is 4. The Hall–Kier alpha value is -2.21. The number of ether oxygens (including phenoxy) is 2. The molecule has 0 bridgehead atoms. The van der Waals surface area contributed by atoms with Gasteiger partial charge in [-0.1, -0.05) is 46.9 Å². The van der Waals surface area contributed by atoms with Crippen LogP contribution in [0.2, 0.25) is 15.1 Å². The third-order valence-electron chi connectivity index (χ3n) is 3.65. The first-order valence-electron chi connectivity index (χ1n) is 8.30. The first-order chi connectivity index (χ1) is 13.4. The predicted octanol–water partition coefficient (Wildman–Crippen LogP) is 5.07. The second-order valence-electron chi connectivity index (χ2n) is 5.57. The van der Waals surface area contributed by atoms with Gasteiger partial charge in [0, 0.05) is 12.1 Å². The fraction of sp³-hybridized carbons (Fsp3) is 0.200. The lowest BCUT2D eigenvalue weighted by atomic mass is 10.1. The van der Waals surface area contributed by atoms with Crippen LogP contribution >= 0.6 is 34.8 Å². The Balaban J connectivity index is 2.14. The molecule has 0 aliphatic carbocycles. The van der Waals surface area contributed by atoms with E-state index in [-0.39, 0.29) is 38.9 Å². The van der Waals surface area contributed by atoms with Crippen molar-refractivity contribution in [1.82, 2.24) is 5.32 Å². The van der Waals surface area contributed by atoms with E-state index in [2.05, 4.69) is 5.32 Å². The quantitative estimate of drug-likeness (QED) is 0.352. The minimum Gasteiger partial charge on any atom is -0.493 e. The molecular formula is C20H18Cl3NO4. The van der Waals surface area contributed by atoms with Gasteiger partial charge in [-0.3, -0.25) is 9.59 Å². The van der Waals surface area contributed by atoms with Gasteiger partial charge >= 0.3 is 0 Å². The van der Waals surface area contributed by atoms with Crippen LogP contribution < -0.4 is 14.8 Å². The van der Waals surface area contributed by atoms with Crippen molar-refractivity contribution in [2.75, 3.05) is 20.3 Å². The molecule has 0 aliphatic heterocycles. The molecule has 2 rings (SSSR count). The molecule has 8 heteroatoms. The molecule has 0 aromatic heterocycles. The molecule has 0 aliphatic rings. The van der Waals surface area contributed by atoms with E-state index in [0.717, 1.165) is 0 Å². The molecule has 28 heavy (non-hydrogen) atoms. The molecule has 0 saturated heterocycles. The molecule has 0 spiro atoms. The first kappa shape index (κ1) is 22.1. The van der Waals surface area contributed by atoms with Gasteiger partial charge in [0.1, 0.15) is 0 Å². The van der Waals surface area contributed by atoms with Crippen LogP contribution in [0.3, 0.4) is 0 Å². The lowest BCUT2D eigenvalue weighted by Crippen LogP contribution is -2.28. The van der Waals surface area contributed by atoms with Gasteiger partial charge in [-0.05, 0) is 42.8 Å². The summed E-state index contributed by atoms with van der Waals surface area (Å²) in [5.74, 6) is 0.313. The molecule has 0 atom stereocenters. The van der Waals surface area contributed by atoms with Gasteiger partial charge in [-0.25, -0.2) is 0 Å². The van der Waals surface area contributed by atoms with Crippen molar-refractivity contribution in [1.29, 1.82) is 0 Å². The number of benzene rings is 2. The summed E-state index contributed by atoms with van der Waals surface area (Å²) in [5, 5.41) is 3.16. The van der Waals surface area contributed by atoms with Gasteiger partial charge in [0.05, 0.1) is 22.2 Å². The van der Waals surface area contributed by atoms with Crippen LogP contribution in [0.1, 0.15) is 22.8 Å². The third kappa shape index (κ3) is 5.64. The first-order valence-corrected chi connectivity index (χ1v) is 9.44. The maximum atomic E-state index is 12.4. The van der Waals surface area contributed by atoms with E-state index in [4.69, 9.17) is 44.3 Å². The SMILES string of the molecule is CCNC(=O)COc1ccc(/C=C/C(=O)c2ccc(Cl)c(Cl)c2Cl)cc1OC. The Bertz CT molecular complexity index is 913.